The zero-order valence-corrected chi connectivity index (χ0v) is 17.3. The summed E-state index contributed by atoms with van der Waals surface area (Å²) in [7, 11) is 0. The molecule has 31 heavy (non-hydrogen) atoms. The molecule has 0 aliphatic rings. The van der Waals surface area contributed by atoms with E-state index in [0.29, 0.717) is 17.8 Å². The van der Waals surface area contributed by atoms with Gasteiger partial charge in [-0.05, 0) is 36.6 Å². The molecule has 0 aliphatic heterocycles. The van der Waals surface area contributed by atoms with E-state index in [4.69, 9.17) is 5.73 Å². The fourth-order valence-electron chi connectivity index (χ4n) is 2.75. The summed E-state index contributed by atoms with van der Waals surface area (Å²) < 4.78 is 38.0. The summed E-state index contributed by atoms with van der Waals surface area (Å²) in [5.74, 6) is -1.06. The van der Waals surface area contributed by atoms with Crippen LogP contribution in [0.5, 0.6) is 0 Å². The fraction of sp³-hybridized carbons (Fsp3) is 0.261. The van der Waals surface area contributed by atoms with E-state index in [9.17, 15) is 22.8 Å². The largest absolute Gasteiger partial charge is 0.417 e. The number of nitrogens with two attached hydrogens (primary N) is 1. The van der Waals surface area contributed by atoms with Crippen LogP contribution in [0, 0.1) is 0 Å². The molecule has 2 rings (SSSR count). The number of pyridine rings is 1. The molecule has 1 aromatic carbocycles. The van der Waals surface area contributed by atoms with Crippen LogP contribution in [0.2, 0.25) is 0 Å². The first-order chi connectivity index (χ1) is 14.6. The summed E-state index contributed by atoms with van der Waals surface area (Å²) >= 11 is 0. The van der Waals surface area contributed by atoms with Crippen LogP contribution in [-0.4, -0.2) is 16.7 Å². The van der Waals surface area contributed by atoms with Crippen molar-refractivity contribution in [2.75, 3.05) is 0 Å². The minimum Gasteiger partial charge on any atom is -0.364 e. The molecular formula is C23H24F3N3O2. The topological polar surface area (TPSA) is 85.1 Å². The Morgan fingerprint density at radius 2 is 1.81 bits per heavy atom. The van der Waals surface area contributed by atoms with Gasteiger partial charge in [-0.15, -0.1) is 0 Å². The molecule has 0 bridgehead atoms. The van der Waals surface area contributed by atoms with E-state index in [1.807, 2.05) is 37.3 Å². The summed E-state index contributed by atoms with van der Waals surface area (Å²) in [6.07, 6.45) is 1.46. The number of carbonyl (C=O) groups is 2. The number of rotatable bonds is 9. The number of unbranched alkanes of at least 4 members (excludes halogenated alkanes) is 1. The predicted octanol–water partition coefficient (Wildman–Crippen LogP) is 4.38. The average Bonchev–Trinajstić information content (AvgIpc) is 2.70. The van der Waals surface area contributed by atoms with Gasteiger partial charge in [0, 0.05) is 30.1 Å². The van der Waals surface area contributed by atoms with Crippen molar-refractivity contribution < 1.29 is 22.8 Å². The molecule has 2 aromatic rings. The quantitative estimate of drug-likeness (QED) is 0.577. The summed E-state index contributed by atoms with van der Waals surface area (Å²) in [4.78, 5) is 26.9. The zero-order chi connectivity index (χ0) is 23.0. The molecule has 0 saturated carbocycles. The highest BCUT2D eigenvalue weighted by atomic mass is 19.4. The number of aromatic nitrogens is 1. The first-order valence-electron chi connectivity index (χ1n) is 9.70. The molecule has 1 aromatic heterocycles. The summed E-state index contributed by atoms with van der Waals surface area (Å²) in [6.45, 7) is 3.33. The molecule has 1 heterocycles. The van der Waals surface area contributed by atoms with Crippen LogP contribution >= 0.6 is 0 Å². The standard InChI is InChI=1S/C23H24F3N3O2/c1-3-4-5-20(29-21(22(27)31)12-15(2)30)17-8-6-16(7-9-17)13-19-11-10-18(14-28-19)23(24,25)26/h5-12,14,29H,3-4,13H2,1-2H3,(H2,27,31)/b20-5+,21-12?. The van der Waals surface area contributed by atoms with Crippen molar-refractivity contribution in [2.45, 2.75) is 39.3 Å². The number of nitrogens with zero attached hydrogens (tertiary/aromatic N) is 1. The second-order valence-electron chi connectivity index (χ2n) is 6.97. The first-order valence-corrected chi connectivity index (χ1v) is 9.70. The fourth-order valence-corrected chi connectivity index (χ4v) is 2.75. The van der Waals surface area contributed by atoms with Gasteiger partial charge in [0.15, 0.2) is 5.78 Å². The lowest BCUT2D eigenvalue weighted by Crippen LogP contribution is -2.26. The van der Waals surface area contributed by atoms with Crippen molar-refractivity contribution >= 4 is 17.4 Å². The monoisotopic (exact) mass is 431 g/mol. The van der Waals surface area contributed by atoms with Gasteiger partial charge in [0.1, 0.15) is 5.70 Å². The van der Waals surface area contributed by atoms with Gasteiger partial charge < -0.3 is 11.1 Å². The molecule has 0 unspecified atom stereocenters. The van der Waals surface area contributed by atoms with E-state index in [1.165, 1.54) is 13.0 Å². The van der Waals surface area contributed by atoms with E-state index in [2.05, 4.69) is 10.3 Å². The molecule has 1 amide bonds. The maximum atomic E-state index is 12.7. The Morgan fingerprint density at radius 3 is 2.29 bits per heavy atom. The van der Waals surface area contributed by atoms with Crippen molar-refractivity contribution in [3.05, 3.63) is 82.8 Å². The summed E-state index contributed by atoms with van der Waals surface area (Å²) in [6, 6.07) is 9.67. The Bertz CT molecular complexity index is 977. The van der Waals surface area contributed by atoms with Crippen LogP contribution in [0.4, 0.5) is 13.2 Å². The summed E-state index contributed by atoms with van der Waals surface area (Å²) in [5, 5.41) is 2.93. The van der Waals surface area contributed by atoms with E-state index < -0.39 is 17.6 Å². The highest BCUT2D eigenvalue weighted by Crippen LogP contribution is 2.28. The number of carbonyl (C=O) groups excluding carboxylic acids is 2. The lowest BCUT2D eigenvalue weighted by Gasteiger charge is -2.13. The lowest BCUT2D eigenvalue weighted by molar-refractivity contribution is -0.137. The van der Waals surface area contributed by atoms with Crippen LogP contribution < -0.4 is 11.1 Å². The molecule has 3 N–H and O–H groups in total. The van der Waals surface area contributed by atoms with Crippen molar-refractivity contribution in [3.8, 4) is 0 Å². The highest BCUT2D eigenvalue weighted by Gasteiger charge is 2.30. The van der Waals surface area contributed by atoms with E-state index in [0.717, 1.165) is 42.3 Å². The molecule has 0 fully saturated rings. The Labute approximate surface area is 178 Å². The highest BCUT2D eigenvalue weighted by molar-refractivity contribution is 6.00. The Balaban J connectivity index is 2.21. The minimum atomic E-state index is -4.41. The minimum absolute atomic E-state index is 0.00659. The van der Waals surface area contributed by atoms with Gasteiger partial charge in [-0.25, -0.2) is 0 Å². The van der Waals surface area contributed by atoms with Crippen molar-refractivity contribution in [1.82, 2.24) is 10.3 Å². The van der Waals surface area contributed by atoms with Crippen molar-refractivity contribution in [1.29, 1.82) is 0 Å². The van der Waals surface area contributed by atoms with Gasteiger partial charge in [0.05, 0.1) is 5.56 Å². The van der Waals surface area contributed by atoms with Gasteiger partial charge in [-0.1, -0.05) is 43.7 Å². The van der Waals surface area contributed by atoms with Gasteiger partial charge in [0.2, 0.25) is 0 Å². The third kappa shape index (κ3) is 7.40. The molecule has 164 valence electrons. The smallest absolute Gasteiger partial charge is 0.364 e. The number of hydrogen-bond acceptors (Lipinski definition) is 4. The molecule has 0 spiro atoms. The van der Waals surface area contributed by atoms with Crippen molar-refractivity contribution in [2.24, 2.45) is 5.73 Å². The molecule has 8 heteroatoms. The molecule has 5 nitrogen and oxygen atoms in total. The van der Waals surface area contributed by atoms with E-state index in [-0.39, 0.29) is 11.5 Å². The lowest BCUT2D eigenvalue weighted by atomic mass is 10.0. The van der Waals surface area contributed by atoms with Crippen LogP contribution in [0.1, 0.15) is 49.1 Å². The van der Waals surface area contributed by atoms with Crippen molar-refractivity contribution in [3.63, 3.8) is 0 Å². The van der Waals surface area contributed by atoms with Gasteiger partial charge >= 0.3 is 6.18 Å². The number of ketones is 1. The third-order valence-electron chi connectivity index (χ3n) is 4.32. The number of halogens is 3. The number of amides is 1. The molecule has 0 radical (unpaired) electrons. The Hall–Kier alpha value is -3.42. The molecule has 0 saturated heterocycles. The van der Waals surface area contributed by atoms with Crippen LogP contribution in [0.25, 0.3) is 5.70 Å². The second kappa shape index (κ2) is 10.6. The number of alkyl halides is 3. The normalized spacial score (nSPS) is 12.5. The zero-order valence-electron chi connectivity index (χ0n) is 17.3. The van der Waals surface area contributed by atoms with E-state index in [1.54, 1.807) is 0 Å². The SMILES string of the molecule is CCC/C=C(/NC(=CC(C)=O)C(N)=O)c1ccc(Cc2ccc(C(F)(F)F)cn2)cc1. The van der Waals surface area contributed by atoms with Gasteiger partial charge in [0.25, 0.3) is 5.91 Å². The molecular weight excluding hydrogens is 407 g/mol. The van der Waals surface area contributed by atoms with Crippen LogP contribution in [-0.2, 0) is 22.2 Å². The van der Waals surface area contributed by atoms with Crippen LogP contribution in [0.15, 0.2) is 60.4 Å². The van der Waals surface area contributed by atoms with E-state index >= 15 is 0 Å². The maximum absolute atomic E-state index is 12.7. The molecule has 0 atom stereocenters. The summed E-state index contributed by atoms with van der Waals surface area (Å²) in [5.41, 5.74) is 7.35. The Kier molecular flexibility index (Phi) is 8.13. The Morgan fingerprint density at radius 1 is 1.13 bits per heavy atom. The second-order valence-corrected chi connectivity index (χ2v) is 6.97. The number of primary amides is 1. The predicted molar refractivity (Wildman–Crippen MR) is 112 cm³/mol. The average molecular weight is 431 g/mol. The number of allylic oxidation sites excluding steroid dienone is 2. The first kappa shape index (κ1) is 23.9. The number of nitrogens with one attached hydrogen (secondary N) is 1. The number of benzene rings is 1. The number of hydrogen-bond donors (Lipinski definition) is 2. The van der Waals surface area contributed by atoms with Gasteiger partial charge in [-0.2, -0.15) is 13.2 Å². The third-order valence-corrected chi connectivity index (χ3v) is 4.32. The maximum Gasteiger partial charge on any atom is 0.417 e. The van der Waals surface area contributed by atoms with Crippen LogP contribution in [0.3, 0.4) is 0 Å². The molecule has 0 aliphatic carbocycles. The van der Waals surface area contributed by atoms with Gasteiger partial charge in [-0.3, -0.25) is 14.6 Å².